The number of hydrogen-bond donors (Lipinski definition) is 2. The van der Waals surface area contributed by atoms with Crippen LogP contribution in [0.2, 0.25) is 0 Å². The number of para-hydroxylation sites is 1. The van der Waals surface area contributed by atoms with E-state index in [0.717, 1.165) is 5.56 Å². The molecule has 16 heavy (non-hydrogen) atoms. The molecule has 5 nitrogen and oxygen atoms in total. The van der Waals surface area contributed by atoms with E-state index in [1.165, 1.54) is 0 Å². The zero-order chi connectivity index (χ0) is 11.5. The summed E-state index contributed by atoms with van der Waals surface area (Å²) < 4.78 is 10.8. The number of rotatable bonds is 2. The van der Waals surface area contributed by atoms with Crippen LogP contribution in [0.15, 0.2) is 24.3 Å². The molecular weight excluding hydrogens is 210 g/mol. The first kappa shape index (κ1) is 10.9. The molecule has 1 aliphatic rings. The van der Waals surface area contributed by atoms with Gasteiger partial charge in [-0.1, -0.05) is 18.2 Å². The summed E-state index contributed by atoms with van der Waals surface area (Å²) in [5.41, 5.74) is 2.51. The minimum absolute atomic E-state index is 0.188. The van der Waals surface area contributed by atoms with Gasteiger partial charge in [-0.25, -0.2) is 5.48 Å². The van der Waals surface area contributed by atoms with E-state index in [4.69, 9.17) is 14.7 Å². The third kappa shape index (κ3) is 1.87. The lowest BCUT2D eigenvalue weighted by molar-refractivity contribution is -0.139. The number of amides is 1. The maximum atomic E-state index is 11.3. The Bertz CT molecular complexity index is 393. The Hall–Kier alpha value is -1.59. The summed E-state index contributed by atoms with van der Waals surface area (Å²) >= 11 is 0. The van der Waals surface area contributed by atoms with Gasteiger partial charge in [0, 0.05) is 19.1 Å². The number of methoxy groups -OCH3 is 1. The SMILES string of the molecule is COC1CC(C(=O)NO)Oc2ccccc21. The van der Waals surface area contributed by atoms with Crippen LogP contribution in [0.4, 0.5) is 0 Å². The third-order valence-corrected chi connectivity index (χ3v) is 2.65. The average Bonchev–Trinajstić information content (AvgIpc) is 2.36. The topological polar surface area (TPSA) is 67.8 Å². The summed E-state index contributed by atoms with van der Waals surface area (Å²) in [6.45, 7) is 0. The Kier molecular flexibility index (Phi) is 3.07. The molecule has 0 radical (unpaired) electrons. The van der Waals surface area contributed by atoms with Crippen molar-refractivity contribution in [1.29, 1.82) is 0 Å². The van der Waals surface area contributed by atoms with Gasteiger partial charge in [-0.15, -0.1) is 0 Å². The van der Waals surface area contributed by atoms with Gasteiger partial charge < -0.3 is 9.47 Å². The maximum absolute atomic E-state index is 11.3. The highest BCUT2D eigenvalue weighted by Gasteiger charge is 2.32. The molecule has 0 aliphatic carbocycles. The van der Waals surface area contributed by atoms with E-state index < -0.39 is 12.0 Å². The van der Waals surface area contributed by atoms with Crippen molar-refractivity contribution in [2.45, 2.75) is 18.6 Å². The van der Waals surface area contributed by atoms with Crippen LogP contribution in [0, 0.1) is 0 Å². The molecule has 2 atom stereocenters. The molecule has 1 aromatic rings. The Balaban J connectivity index is 2.28. The molecule has 1 amide bonds. The average molecular weight is 223 g/mol. The Morgan fingerprint density at radius 1 is 1.56 bits per heavy atom. The van der Waals surface area contributed by atoms with E-state index in [2.05, 4.69) is 0 Å². The van der Waals surface area contributed by atoms with E-state index in [-0.39, 0.29) is 6.10 Å². The molecule has 0 aromatic heterocycles. The van der Waals surface area contributed by atoms with Gasteiger partial charge in [-0.2, -0.15) is 0 Å². The monoisotopic (exact) mass is 223 g/mol. The van der Waals surface area contributed by atoms with Gasteiger partial charge in [0.2, 0.25) is 0 Å². The third-order valence-electron chi connectivity index (χ3n) is 2.65. The van der Waals surface area contributed by atoms with Crippen molar-refractivity contribution in [1.82, 2.24) is 5.48 Å². The van der Waals surface area contributed by atoms with Crippen molar-refractivity contribution < 1.29 is 19.5 Å². The normalized spacial score (nSPS) is 23.1. The van der Waals surface area contributed by atoms with Crippen molar-refractivity contribution in [3.05, 3.63) is 29.8 Å². The molecule has 86 valence electrons. The predicted molar refractivity (Wildman–Crippen MR) is 55.2 cm³/mol. The van der Waals surface area contributed by atoms with Gasteiger partial charge in [0.1, 0.15) is 5.75 Å². The van der Waals surface area contributed by atoms with Gasteiger partial charge in [0.15, 0.2) is 6.10 Å². The highest BCUT2D eigenvalue weighted by Crippen LogP contribution is 2.36. The van der Waals surface area contributed by atoms with Crippen molar-refractivity contribution in [2.24, 2.45) is 0 Å². The summed E-state index contributed by atoms with van der Waals surface area (Å²) in [5, 5.41) is 8.57. The van der Waals surface area contributed by atoms with E-state index >= 15 is 0 Å². The van der Waals surface area contributed by atoms with Crippen molar-refractivity contribution >= 4 is 5.91 Å². The molecule has 0 spiro atoms. The maximum Gasteiger partial charge on any atom is 0.284 e. The lowest BCUT2D eigenvalue weighted by Gasteiger charge is -2.29. The summed E-state index contributed by atoms with van der Waals surface area (Å²) in [5.74, 6) is 0.0609. The van der Waals surface area contributed by atoms with Crippen LogP contribution in [-0.4, -0.2) is 24.3 Å². The van der Waals surface area contributed by atoms with Crippen molar-refractivity contribution in [3.8, 4) is 5.75 Å². The van der Waals surface area contributed by atoms with E-state index in [1.807, 2.05) is 18.2 Å². The highest BCUT2D eigenvalue weighted by molar-refractivity contribution is 5.80. The summed E-state index contributed by atoms with van der Waals surface area (Å²) in [7, 11) is 1.58. The fourth-order valence-electron chi connectivity index (χ4n) is 1.83. The smallest absolute Gasteiger partial charge is 0.284 e. The molecule has 2 unspecified atom stereocenters. The first-order valence-electron chi connectivity index (χ1n) is 4.98. The largest absolute Gasteiger partial charge is 0.480 e. The molecule has 5 heteroatoms. The fraction of sp³-hybridized carbons (Fsp3) is 0.364. The molecule has 1 aliphatic heterocycles. The van der Waals surface area contributed by atoms with Crippen molar-refractivity contribution in [2.75, 3.05) is 7.11 Å². The van der Waals surface area contributed by atoms with E-state index in [1.54, 1.807) is 18.7 Å². The second kappa shape index (κ2) is 4.51. The molecule has 0 fully saturated rings. The first-order chi connectivity index (χ1) is 7.76. The highest BCUT2D eigenvalue weighted by atomic mass is 16.5. The Morgan fingerprint density at radius 3 is 3.00 bits per heavy atom. The molecule has 2 N–H and O–H groups in total. The van der Waals surface area contributed by atoms with E-state index in [9.17, 15) is 4.79 Å². The molecule has 1 heterocycles. The Labute approximate surface area is 92.9 Å². The lowest BCUT2D eigenvalue weighted by Crippen LogP contribution is -2.40. The minimum atomic E-state index is -0.718. The number of benzene rings is 1. The summed E-state index contributed by atoms with van der Waals surface area (Å²) in [6, 6.07) is 7.39. The van der Waals surface area contributed by atoms with Gasteiger partial charge in [-0.05, 0) is 6.07 Å². The number of hydroxylamine groups is 1. The molecule has 0 saturated carbocycles. The molecule has 2 rings (SSSR count). The molecule has 0 saturated heterocycles. The number of ether oxygens (including phenoxy) is 2. The molecular formula is C11H13NO4. The summed E-state index contributed by atoms with van der Waals surface area (Å²) in [6.07, 6.45) is -0.517. The number of fused-ring (bicyclic) bond motifs is 1. The molecule has 0 bridgehead atoms. The predicted octanol–water partition coefficient (Wildman–Crippen LogP) is 1.03. The first-order valence-corrected chi connectivity index (χ1v) is 4.98. The number of carbonyl (C=O) groups excluding carboxylic acids is 1. The van der Waals surface area contributed by atoms with Crippen molar-refractivity contribution in [3.63, 3.8) is 0 Å². The van der Waals surface area contributed by atoms with Gasteiger partial charge >= 0.3 is 0 Å². The Morgan fingerprint density at radius 2 is 2.31 bits per heavy atom. The zero-order valence-electron chi connectivity index (χ0n) is 8.84. The van der Waals surface area contributed by atoms with Crippen LogP contribution < -0.4 is 10.2 Å². The number of carbonyl (C=O) groups is 1. The second-order valence-electron chi connectivity index (χ2n) is 3.58. The standard InChI is InChI=1S/C11H13NO4/c1-15-9-6-10(11(13)12-14)16-8-5-3-2-4-7(8)9/h2-5,9-10,14H,6H2,1H3,(H,12,13). The van der Waals surface area contributed by atoms with Crippen LogP contribution in [0.1, 0.15) is 18.1 Å². The zero-order valence-corrected chi connectivity index (χ0v) is 8.84. The number of nitrogens with one attached hydrogen (secondary N) is 1. The fourth-order valence-corrected chi connectivity index (χ4v) is 1.83. The van der Waals surface area contributed by atoms with Gasteiger partial charge in [0.25, 0.3) is 5.91 Å². The number of hydrogen-bond acceptors (Lipinski definition) is 4. The molecule has 1 aromatic carbocycles. The van der Waals surface area contributed by atoms with Gasteiger partial charge in [0.05, 0.1) is 6.10 Å². The van der Waals surface area contributed by atoms with Crippen LogP contribution in [0.3, 0.4) is 0 Å². The summed E-state index contributed by atoms with van der Waals surface area (Å²) in [4.78, 5) is 11.3. The van der Waals surface area contributed by atoms with Crippen LogP contribution in [-0.2, 0) is 9.53 Å². The second-order valence-corrected chi connectivity index (χ2v) is 3.58. The van der Waals surface area contributed by atoms with Crippen LogP contribution in [0.25, 0.3) is 0 Å². The van der Waals surface area contributed by atoms with Gasteiger partial charge in [-0.3, -0.25) is 10.0 Å². The quantitative estimate of drug-likeness (QED) is 0.580. The lowest BCUT2D eigenvalue weighted by atomic mass is 9.98. The van der Waals surface area contributed by atoms with Crippen LogP contribution in [0.5, 0.6) is 5.75 Å². The van der Waals surface area contributed by atoms with E-state index in [0.29, 0.717) is 12.2 Å². The van der Waals surface area contributed by atoms with Crippen LogP contribution >= 0.6 is 0 Å². The minimum Gasteiger partial charge on any atom is -0.480 e.